The van der Waals surface area contributed by atoms with Crippen molar-refractivity contribution >= 4 is 23.0 Å². The number of halogens is 3. The number of anilines is 3. The maximum absolute atomic E-state index is 15.1. The minimum atomic E-state index is -1.16. The van der Waals surface area contributed by atoms with Gasteiger partial charge in [-0.3, -0.25) is 9.78 Å². The molecule has 6 N–H and O–H groups in total. The molecule has 1 aliphatic heterocycles. The van der Waals surface area contributed by atoms with Crippen molar-refractivity contribution in [2.24, 2.45) is 5.73 Å². The number of aromatic nitrogens is 2. The van der Waals surface area contributed by atoms with E-state index < -0.39 is 52.5 Å². The summed E-state index contributed by atoms with van der Waals surface area (Å²) in [6.45, 7) is 4.07. The largest absolute Gasteiger partial charge is 0.488 e. The van der Waals surface area contributed by atoms with Gasteiger partial charge in [-0.2, -0.15) is 0 Å². The molecule has 2 unspecified atom stereocenters. The van der Waals surface area contributed by atoms with Gasteiger partial charge < -0.3 is 31.5 Å². The summed E-state index contributed by atoms with van der Waals surface area (Å²) in [7, 11) is 0. The van der Waals surface area contributed by atoms with Crippen molar-refractivity contribution in [2.75, 3.05) is 29.0 Å². The predicted octanol–water partition coefficient (Wildman–Crippen LogP) is 3.08. The first-order valence-corrected chi connectivity index (χ1v) is 11.6. The van der Waals surface area contributed by atoms with Crippen LogP contribution in [-0.2, 0) is 0 Å². The number of benzene rings is 1. The van der Waals surface area contributed by atoms with Crippen molar-refractivity contribution < 1.29 is 27.8 Å². The van der Waals surface area contributed by atoms with Gasteiger partial charge in [0.15, 0.2) is 23.1 Å². The Bertz CT molecular complexity index is 1320. The number of aliphatic hydroxyl groups is 1. The molecule has 1 fully saturated rings. The number of aliphatic hydroxyl groups excluding tert-OH is 1. The highest BCUT2D eigenvalue weighted by Gasteiger charge is 2.28. The van der Waals surface area contributed by atoms with Crippen LogP contribution in [0.1, 0.15) is 30.8 Å². The quantitative estimate of drug-likeness (QED) is 0.392. The Hall–Kier alpha value is -3.90. The Kier molecular flexibility index (Phi) is 7.50. The number of rotatable bonds is 6. The summed E-state index contributed by atoms with van der Waals surface area (Å²) in [5.41, 5.74) is 10.3. The van der Waals surface area contributed by atoms with Gasteiger partial charge in [0.05, 0.1) is 41.0 Å². The molecule has 1 aromatic carbocycles. The van der Waals surface area contributed by atoms with E-state index in [1.807, 2.05) is 4.90 Å². The Morgan fingerprint density at radius 3 is 2.70 bits per heavy atom. The Balaban J connectivity index is 1.69. The Morgan fingerprint density at radius 1 is 1.24 bits per heavy atom. The van der Waals surface area contributed by atoms with Gasteiger partial charge in [0.2, 0.25) is 0 Å². The van der Waals surface area contributed by atoms with E-state index in [9.17, 15) is 18.7 Å². The second kappa shape index (κ2) is 10.6. The molecule has 0 saturated carbocycles. The lowest BCUT2D eigenvalue weighted by molar-refractivity contribution is 0.102. The van der Waals surface area contributed by atoms with E-state index in [1.54, 1.807) is 19.9 Å². The van der Waals surface area contributed by atoms with Crippen LogP contribution in [0.25, 0.3) is 11.3 Å². The Labute approximate surface area is 211 Å². The summed E-state index contributed by atoms with van der Waals surface area (Å²) in [5, 5.41) is 12.8. The molecule has 1 aliphatic rings. The van der Waals surface area contributed by atoms with Crippen LogP contribution in [0.5, 0.6) is 5.75 Å². The van der Waals surface area contributed by atoms with E-state index in [4.69, 9.17) is 16.2 Å². The average molecular weight is 517 g/mol. The molecular weight excluding hydrogens is 489 g/mol. The average Bonchev–Trinajstić information content (AvgIpc) is 2.84. The van der Waals surface area contributed by atoms with Crippen LogP contribution in [0.4, 0.5) is 30.2 Å². The van der Waals surface area contributed by atoms with Crippen molar-refractivity contribution in [3.8, 4) is 17.0 Å². The van der Waals surface area contributed by atoms with Gasteiger partial charge in [-0.25, -0.2) is 18.2 Å². The third-order valence-electron chi connectivity index (χ3n) is 5.90. The van der Waals surface area contributed by atoms with Crippen LogP contribution in [-0.4, -0.2) is 52.3 Å². The molecule has 0 radical (unpaired) electrons. The topological polar surface area (TPSA) is 140 Å². The molecule has 12 heteroatoms. The molecule has 1 saturated heterocycles. The summed E-state index contributed by atoms with van der Waals surface area (Å²) in [5.74, 6) is -4.51. The lowest BCUT2D eigenvalue weighted by Crippen LogP contribution is -2.50. The SMILES string of the molecule is CC(C)Oc1ccc(F)c(-c2nc(C(=O)Nc3cnccc3N3CCC(N)C(O)C3)c(N)cc2F)c1F. The molecule has 196 valence electrons. The summed E-state index contributed by atoms with van der Waals surface area (Å²) >= 11 is 0. The van der Waals surface area contributed by atoms with E-state index in [1.165, 1.54) is 12.4 Å². The van der Waals surface area contributed by atoms with Crippen LogP contribution in [0.2, 0.25) is 0 Å². The smallest absolute Gasteiger partial charge is 0.276 e. The predicted molar refractivity (Wildman–Crippen MR) is 133 cm³/mol. The van der Waals surface area contributed by atoms with Gasteiger partial charge in [-0.15, -0.1) is 0 Å². The summed E-state index contributed by atoms with van der Waals surface area (Å²) in [4.78, 5) is 22.9. The second-order valence-electron chi connectivity index (χ2n) is 8.97. The van der Waals surface area contributed by atoms with Crippen LogP contribution < -0.4 is 26.4 Å². The molecule has 2 aromatic heterocycles. The second-order valence-corrected chi connectivity index (χ2v) is 8.97. The number of ether oxygens (including phenoxy) is 1. The number of piperidine rings is 1. The first-order chi connectivity index (χ1) is 17.6. The number of amides is 1. The number of carbonyl (C=O) groups excluding carboxylic acids is 1. The molecule has 3 aromatic rings. The van der Waals surface area contributed by atoms with Gasteiger partial charge >= 0.3 is 0 Å². The number of pyridine rings is 2. The molecule has 37 heavy (non-hydrogen) atoms. The highest BCUT2D eigenvalue weighted by atomic mass is 19.1. The number of nitrogens with one attached hydrogen (secondary N) is 1. The normalized spacial score (nSPS) is 17.7. The lowest BCUT2D eigenvalue weighted by Gasteiger charge is -2.36. The number of hydrogen-bond donors (Lipinski definition) is 4. The van der Waals surface area contributed by atoms with Gasteiger partial charge in [0.1, 0.15) is 11.5 Å². The zero-order valence-electron chi connectivity index (χ0n) is 20.2. The number of nitrogens with two attached hydrogens (primary N) is 2. The molecule has 4 rings (SSSR count). The zero-order chi connectivity index (χ0) is 26.9. The third kappa shape index (κ3) is 5.44. The minimum absolute atomic E-state index is 0.239. The van der Waals surface area contributed by atoms with E-state index >= 15 is 4.39 Å². The summed E-state index contributed by atoms with van der Waals surface area (Å²) < 4.78 is 49.9. The number of nitrogen functional groups attached to an aromatic ring is 1. The number of carbonyl (C=O) groups is 1. The summed E-state index contributed by atoms with van der Waals surface area (Å²) in [6, 6.07) is 4.08. The van der Waals surface area contributed by atoms with Gasteiger partial charge in [0.25, 0.3) is 5.91 Å². The molecular formula is C25H27F3N6O3. The highest BCUT2D eigenvalue weighted by molar-refractivity contribution is 6.08. The fraction of sp³-hybridized carbons (Fsp3) is 0.320. The van der Waals surface area contributed by atoms with Crippen molar-refractivity contribution in [1.82, 2.24) is 9.97 Å². The Morgan fingerprint density at radius 2 is 2.00 bits per heavy atom. The van der Waals surface area contributed by atoms with Gasteiger partial charge in [-0.1, -0.05) is 0 Å². The monoisotopic (exact) mass is 516 g/mol. The first-order valence-electron chi connectivity index (χ1n) is 11.6. The van der Waals surface area contributed by atoms with Crippen LogP contribution in [0.3, 0.4) is 0 Å². The van der Waals surface area contributed by atoms with E-state index in [-0.39, 0.29) is 29.7 Å². The number of hydrogen-bond acceptors (Lipinski definition) is 8. The van der Waals surface area contributed by atoms with Gasteiger partial charge in [0, 0.05) is 31.4 Å². The highest BCUT2D eigenvalue weighted by Crippen LogP contribution is 2.34. The van der Waals surface area contributed by atoms with Crippen molar-refractivity contribution in [3.63, 3.8) is 0 Å². The molecule has 2 atom stereocenters. The standard InChI is InChI=1S/C25H27F3N6O3/c1-12(2)37-20-4-3-13(26)21(22(20)28)23-14(27)9-16(30)24(33-23)25(36)32-17-10-31-7-5-18(17)34-8-6-15(29)19(35)11-34/h3-5,7,9-10,12,15,19,35H,6,8,11,29-30H2,1-2H3,(H,32,36). The molecule has 0 spiro atoms. The first kappa shape index (κ1) is 26.2. The number of nitrogens with zero attached hydrogens (tertiary/aromatic N) is 3. The van der Waals surface area contributed by atoms with E-state index in [0.717, 1.165) is 18.2 Å². The van der Waals surface area contributed by atoms with Crippen LogP contribution in [0, 0.1) is 17.5 Å². The molecule has 9 nitrogen and oxygen atoms in total. The fourth-order valence-electron chi connectivity index (χ4n) is 4.06. The molecule has 1 amide bonds. The molecule has 0 bridgehead atoms. The third-order valence-corrected chi connectivity index (χ3v) is 5.90. The van der Waals surface area contributed by atoms with Crippen molar-refractivity contribution in [1.29, 1.82) is 0 Å². The minimum Gasteiger partial charge on any atom is -0.488 e. The lowest BCUT2D eigenvalue weighted by atomic mass is 10.0. The fourth-order valence-corrected chi connectivity index (χ4v) is 4.06. The maximum atomic E-state index is 15.1. The van der Waals surface area contributed by atoms with E-state index in [2.05, 4.69) is 15.3 Å². The number of β-amino-alcohol motifs (C(OH)–C–C–N with tert-alkyl or cyclic N) is 1. The zero-order valence-corrected chi connectivity index (χ0v) is 20.2. The molecule has 3 heterocycles. The summed E-state index contributed by atoms with van der Waals surface area (Å²) in [6.07, 6.45) is 2.25. The van der Waals surface area contributed by atoms with Gasteiger partial charge in [-0.05, 0) is 38.5 Å². The van der Waals surface area contributed by atoms with Crippen LogP contribution >= 0.6 is 0 Å². The van der Waals surface area contributed by atoms with E-state index in [0.29, 0.717) is 18.7 Å². The van der Waals surface area contributed by atoms with Crippen molar-refractivity contribution in [2.45, 2.75) is 38.5 Å². The van der Waals surface area contributed by atoms with Crippen molar-refractivity contribution in [3.05, 3.63) is 59.8 Å². The van der Waals surface area contributed by atoms with Crippen LogP contribution in [0.15, 0.2) is 36.7 Å². The molecule has 0 aliphatic carbocycles. The maximum Gasteiger partial charge on any atom is 0.276 e.